The minimum atomic E-state index is -0.283. The maximum Gasteiger partial charge on any atom is 0.0776 e. The fourth-order valence-corrected chi connectivity index (χ4v) is 1.79. The largest absolute Gasteiger partial charge is 0.377 e. The molecule has 1 aromatic rings. The Morgan fingerprint density at radius 3 is 2.19 bits per heavy atom. The molecule has 0 aliphatic heterocycles. The lowest BCUT2D eigenvalue weighted by Crippen LogP contribution is -2.46. The predicted molar refractivity (Wildman–Crippen MR) is 68.7 cm³/mol. The Labute approximate surface area is 98.8 Å². The number of ether oxygens (including phenoxy) is 1. The van der Waals surface area contributed by atoms with Gasteiger partial charge in [-0.2, -0.15) is 0 Å². The van der Waals surface area contributed by atoms with Crippen LogP contribution in [0, 0.1) is 13.8 Å². The number of hydrogen-bond acceptors (Lipinski definition) is 2. The molecule has 0 aliphatic carbocycles. The molecule has 0 aromatic heterocycles. The Morgan fingerprint density at radius 2 is 1.75 bits per heavy atom. The summed E-state index contributed by atoms with van der Waals surface area (Å²) in [5.74, 6) is 0. The number of hydrogen-bond donors (Lipinski definition) is 1. The number of nitrogens with two attached hydrogens (primary N) is 1. The van der Waals surface area contributed by atoms with Gasteiger partial charge in [0.05, 0.1) is 5.60 Å². The van der Waals surface area contributed by atoms with E-state index in [-0.39, 0.29) is 11.6 Å². The molecular weight excluding hydrogens is 198 g/mol. The zero-order chi connectivity index (χ0) is 12.3. The van der Waals surface area contributed by atoms with Crippen LogP contribution in [0.25, 0.3) is 0 Å². The molecule has 0 amide bonds. The van der Waals surface area contributed by atoms with Crippen molar-refractivity contribution in [2.45, 2.75) is 45.8 Å². The van der Waals surface area contributed by atoms with Crippen LogP contribution in [0.5, 0.6) is 0 Å². The normalized spacial score (nSPS) is 13.9. The van der Waals surface area contributed by atoms with Gasteiger partial charge >= 0.3 is 0 Å². The minimum absolute atomic E-state index is 0.0114. The van der Waals surface area contributed by atoms with Crippen LogP contribution in [0.15, 0.2) is 18.2 Å². The Balaban J connectivity index is 2.89. The van der Waals surface area contributed by atoms with Crippen molar-refractivity contribution in [1.82, 2.24) is 0 Å². The molecule has 1 unspecified atom stereocenters. The minimum Gasteiger partial charge on any atom is -0.377 e. The van der Waals surface area contributed by atoms with E-state index >= 15 is 0 Å². The Bertz CT molecular complexity index is 338. The van der Waals surface area contributed by atoms with Gasteiger partial charge in [-0.15, -0.1) is 0 Å². The van der Waals surface area contributed by atoms with E-state index in [1.807, 2.05) is 13.8 Å². The molecule has 0 aliphatic rings. The average Bonchev–Trinajstić information content (AvgIpc) is 2.23. The molecule has 2 N–H and O–H groups in total. The van der Waals surface area contributed by atoms with Gasteiger partial charge < -0.3 is 10.5 Å². The second-order valence-electron chi connectivity index (χ2n) is 4.99. The topological polar surface area (TPSA) is 35.2 Å². The van der Waals surface area contributed by atoms with Gasteiger partial charge in [0.15, 0.2) is 0 Å². The van der Waals surface area contributed by atoms with Gasteiger partial charge in [0.2, 0.25) is 0 Å². The summed E-state index contributed by atoms with van der Waals surface area (Å²) in [4.78, 5) is 0. The Morgan fingerprint density at radius 1 is 1.25 bits per heavy atom. The average molecular weight is 221 g/mol. The molecule has 0 fully saturated rings. The van der Waals surface area contributed by atoms with Crippen LogP contribution in [0.3, 0.4) is 0 Å². The molecule has 0 spiro atoms. The molecule has 0 heterocycles. The van der Waals surface area contributed by atoms with Crippen molar-refractivity contribution in [3.05, 3.63) is 34.9 Å². The summed E-state index contributed by atoms with van der Waals surface area (Å²) in [7, 11) is 1.71. The Kier molecular flexibility index (Phi) is 4.11. The second kappa shape index (κ2) is 4.98. The van der Waals surface area contributed by atoms with Crippen molar-refractivity contribution in [3.63, 3.8) is 0 Å². The van der Waals surface area contributed by atoms with E-state index in [4.69, 9.17) is 10.5 Å². The van der Waals surface area contributed by atoms with Crippen molar-refractivity contribution < 1.29 is 4.74 Å². The zero-order valence-electron chi connectivity index (χ0n) is 11.0. The molecule has 90 valence electrons. The summed E-state index contributed by atoms with van der Waals surface area (Å²) in [6.07, 6.45) is 0.860. The SMILES string of the molecule is COC(C)(C)C(N)Cc1c(C)cccc1C. The highest BCUT2D eigenvalue weighted by Gasteiger charge is 2.26. The first-order valence-corrected chi connectivity index (χ1v) is 5.74. The highest BCUT2D eigenvalue weighted by atomic mass is 16.5. The maximum atomic E-state index is 6.21. The summed E-state index contributed by atoms with van der Waals surface area (Å²) in [5, 5.41) is 0. The zero-order valence-corrected chi connectivity index (χ0v) is 11.0. The van der Waals surface area contributed by atoms with Gasteiger partial charge in [0, 0.05) is 13.2 Å². The first-order valence-electron chi connectivity index (χ1n) is 5.74. The van der Waals surface area contributed by atoms with E-state index in [1.54, 1.807) is 7.11 Å². The number of benzene rings is 1. The molecule has 0 saturated heterocycles. The lowest BCUT2D eigenvalue weighted by atomic mass is 9.89. The van der Waals surface area contributed by atoms with E-state index in [1.165, 1.54) is 16.7 Å². The van der Waals surface area contributed by atoms with E-state index in [2.05, 4.69) is 32.0 Å². The van der Waals surface area contributed by atoms with Crippen molar-refractivity contribution in [1.29, 1.82) is 0 Å². The molecule has 0 bridgehead atoms. The molecule has 2 nitrogen and oxygen atoms in total. The van der Waals surface area contributed by atoms with Crippen LogP contribution < -0.4 is 5.73 Å². The van der Waals surface area contributed by atoms with Crippen LogP contribution in [-0.4, -0.2) is 18.8 Å². The fourth-order valence-electron chi connectivity index (χ4n) is 1.79. The first-order chi connectivity index (χ1) is 7.38. The van der Waals surface area contributed by atoms with Gasteiger partial charge in [0.1, 0.15) is 0 Å². The molecule has 0 saturated carbocycles. The van der Waals surface area contributed by atoms with Crippen molar-refractivity contribution in [2.75, 3.05) is 7.11 Å². The lowest BCUT2D eigenvalue weighted by Gasteiger charge is -2.31. The molecule has 16 heavy (non-hydrogen) atoms. The highest BCUT2D eigenvalue weighted by molar-refractivity contribution is 5.34. The summed E-state index contributed by atoms with van der Waals surface area (Å²) >= 11 is 0. The van der Waals surface area contributed by atoms with Crippen LogP contribution in [0.1, 0.15) is 30.5 Å². The Hall–Kier alpha value is -0.860. The summed E-state index contributed by atoms with van der Waals surface area (Å²) in [6.45, 7) is 8.33. The molecule has 2 heteroatoms. The van der Waals surface area contributed by atoms with Gasteiger partial charge in [0.25, 0.3) is 0 Å². The van der Waals surface area contributed by atoms with Crippen molar-refractivity contribution >= 4 is 0 Å². The van der Waals surface area contributed by atoms with Crippen molar-refractivity contribution in [2.24, 2.45) is 5.73 Å². The molecule has 1 aromatic carbocycles. The number of methoxy groups -OCH3 is 1. The fraction of sp³-hybridized carbons (Fsp3) is 0.571. The third-order valence-electron chi connectivity index (χ3n) is 3.49. The van der Waals surface area contributed by atoms with Gasteiger partial charge in [-0.3, -0.25) is 0 Å². The van der Waals surface area contributed by atoms with Gasteiger partial charge in [-0.05, 0) is 50.8 Å². The number of rotatable bonds is 4. The van der Waals surface area contributed by atoms with Crippen LogP contribution in [-0.2, 0) is 11.2 Å². The molecule has 1 rings (SSSR count). The van der Waals surface area contributed by atoms with E-state index in [9.17, 15) is 0 Å². The summed E-state index contributed by atoms with van der Waals surface area (Å²) in [6, 6.07) is 6.36. The summed E-state index contributed by atoms with van der Waals surface area (Å²) < 4.78 is 5.43. The van der Waals surface area contributed by atoms with Gasteiger partial charge in [-0.25, -0.2) is 0 Å². The van der Waals surface area contributed by atoms with E-state index < -0.39 is 0 Å². The number of aryl methyl sites for hydroxylation is 2. The molecular formula is C14H23NO. The van der Waals surface area contributed by atoms with Crippen molar-refractivity contribution in [3.8, 4) is 0 Å². The maximum absolute atomic E-state index is 6.21. The lowest BCUT2D eigenvalue weighted by molar-refractivity contribution is 0.000749. The third-order valence-corrected chi connectivity index (χ3v) is 3.49. The monoisotopic (exact) mass is 221 g/mol. The second-order valence-corrected chi connectivity index (χ2v) is 4.99. The van der Waals surface area contributed by atoms with Crippen LogP contribution in [0.2, 0.25) is 0 Å². The summed E-state index contributed by atoms with van der Waals surface area (Å²) in [5.41, 5.74) is 9.89. The molecule has 1 atom stereocenters. The van der Waals surface area contributed by atoms with Crippen LogP contribution in [0.4, 0.5) is 0 Å². The van der Waals surface area contributed by atoms with Crippen LogP contribution >= 0.6 is 0 Å². The quantitative estimate of drug-likeness (QED) is 0.848. The third kappa shape index (κ3) is 2.83. The smallest absolute Gasteiger partial charge is 0.0776 e. The first kappa shape index (κ1) is 13.2. The predicted octanol–water partition coefficient (Wildman–Crippen LogP) is 2.60. The molecule has 0 radical (unpaired) electrons. The standard InChI is InChI=1S/C14H23NO/c1-10-7-6-8-11(2)12(10)9-13(15)14(3,4)16-5/h6-8,13H,9,15H2,1-5H3. The van der Waals surface area contributed by atoms with Gasteiger partial charge in [-0.1, -0.05) is 18.2 Å². The van der Waals surface area contributed by atoms with E-state index in [0.29, 0.717) is 0 Å². The highest BCUT2D eigenvalue weighted by Crippen LogP contribution is 2.20. The van der Waals surface area contributed by atoms with E-state index in [0.717, 1.165) is 6.42 Å².